The Bertz CT molecular complexity index is 1260. The second kappa shape index (κ2) is 15.9. The Kier molecular flexibility index (Phi) is 13.0. The highest BCUT2D eigenvalue weighted by Gasteiger charge is 2.41. The third-order valence-corrected chi connectivity index (χ3v) is 8.15. The van der Waals surface area contributed by atoms with Gasteiger partial charge in [-0.1, -0.05) is 42.6 Å². The van der Waals surface area contributed by atoms with Crippen LogP contribution in [0.1, 0.15) is 43.7 Å². The van der Waals surface area contributed by atoms with Crippen LogP contribution in [0.3, 0.4) is 0 Å². The molecule has 0 aromatic heterocycles. The second-order valence-corrected chi connectivity index (χ2v) is 11.6. The summed E-state index contributed by atoms with van der Waals surface area (Å²) in [6.07, 6.45) is 1.04. The summed E-state index contributed by atoms with van der Waals surface area (Å²) in [5.41, 5.74) is 1.56. The molecule has 224 valence electrons. The maximum atomic E-state index is 13.6. The first kappa shape index (κ1) is 33.4. The Morgan fingerprint density at radius 1 is 1.20 bits per heavy atom. The lowest BCUT2D eigenvalue weighted by Gasteiger charge is -2.41. The Balaban J connectivity index is 2.05. The zero-order valence-electron chi connectivity index (χ0n) is 22.9. The number of nitrogens with zero attached hydrogens (tertiary/aromatic N) is 1. The molecule has 2 aromatic carbocycles. The van der Waals surface area contributed by atoms with Gasteiger partial charge in [-0.05, 0) is 70.5 Å². The molecule has 1 aliphatic rings. The first-order valence-electron chi connectivity index (χ1n) is 13.3. The van der Waals surface area contributed by atoms with Crippen molar-refractivity contribution in [3.63, 3.8) is 0 Å². The lowest BCUT2D eigenvalue weighted by atomic mass is 9.87. The number of halogens is 3. The summed E-state index contributed by atoms with van der Waals surface area (Å²) in [5.74, 6) is 0.0363. The minimum absolute atomic E-state index is 0.0444. The zero-order chi connectivity index (χ0) is 30.1. The number of methoxy groups -OCH3 is 1. The van der Waals surface area contributed by atoms with Crippen molar-refractivity contribution in [2.45, 2.75) is 64.0 Å². The molecule has 1 aliphatic carbocycles. The van der Waals surface area contributed by atoms with Crippen molar-refractivity contribution in [1.82, 2.24) is 10.2 Å². The second-order valence-electron chi connectivity index (χ2n) is 9.64. The van der Waals surface area contributed by atoms with Crippen molar-refractivity contribution in [2.75, 3.05) is 20.3 Å². The number of benzene rings is 2. The fraction of sp³-hybridized carbons (Fsp3) is 0.448. The monoisotopic (exact) mass is 720 g/mol. The van der Waals surface area contributed by atoms with Gasteiger partial charge in [0.15, 0.2) is 11.5 Å². The molecule has 0 saturated carbocycles. The van der Waals surface area contributed by atoms with Crippen LogP contribution < -0.4 is 14.8 Å². The average Bonchev–Trinajstić information content (AvgIpc) is 2.96. The number of carbonyl (C=O) groups excluding carboxylic acids is 2. The van der Waals surface area contributed by atoms with Crippen LogP contribution in [-0.4, -0.2) is 70.5 Å². The molecule has 4 N–H and O–H groups in total. The molecule has 0 aliphatic heterocycles. The highest BCUT2D eigenvalue weighted by molar-refractivity contribution is 14.1. The van der Waals surface area contributed by atoms with Gasteiger partial charge in [-0.2, -0.15) is 0 Å². The average molecular weight is 721 g/mol. The molecule has 0 spiro atoms. The van der Waals surface area contributed by atoms with Crippen molar-refractivity contribution in [3.8, 4) is 11.5 Å². The predicted octanol–water partition coefficient (Wildman–Crippen LogP) is 4.23. The number of rotatable bonds is 13. The predicted molar refractivity (Wildman–Crippen MR) is 165 cm³/mol. The number of ether oxygens (including phenoxy) is 2. The molecule has 3 rings (SSSR count). The lowest BCUT2D eigenvalue weighted by Crippen LogP contribution is -2.54. The van der Waals surface area contributed by atoms with E-state index in [1.54, 1.807) is 35.2 Å². The summed E-state index contributed by atoms with van der Waals surface area (Å²) in [5, 5.41) is 34.0. The molecule has 0 heterocycles. The van der Waals surface area contributed by atoms with Crippen LogP contribution in [0.5, 0.6) is 11.5 Å². The van der Waals surface area contributed by atoms with Gasteiger partial charge in [-0.15, -0.1) is 0 Å². The molecule has 0 saturated heterocycles. The molecule has 9 nitrogen and oxygen atoms in total. The Morgan fingerprint density at radius 3 is 2.59 bits per heavy atom. The standard InChI is InChI=1S/C29H35Cl2IN2O7/c1-3-4-5-26(37)34(15-18-6-7-20(30)14-21(18)31)23-12-19(29(39)33-8-9-35)13-24(27(23)38)41-28-22(32)10-17(16-36)11-25(28)40-2/h6-7,10-11,13-14,23-24,27,35-36,38H,3-5,8-9,12,15-16H2,1-2H3,(H,33,39)/t23-,24+,27+/m1/s1. The Morgan fingerprint density at radius 2 is 1.95 bits per heavy atom. The van der Waals surface area contributed by atoms with Crippen LogP contribution in [0.25, 0.3) is 0 Å². The van der Waals surface area contributed by atoms with Crippen LogP contribution >= 0.6 is 45.8 Å². The fourth-order valence-electron chi connectivity index (χ4n) is 4.59. The summed E-state index contributed by atoms with van der Waals surface area (Å²) < 4.78 is 12.4. The van der Waals surface area contributed by atoms with E-state index in [0.717, 1.165) is 6.42 Å². The molecule has 2 aromatic rings. The lowest BCUT2D eigenvalue weighted by molar-refractivity contribution is -0.139. The van der Waals surface area contributed by atoms with Crippen molar-refractivity contribution in [2.24, 2.45) is 0 Å². The summed E-state index contributed by atoms with van der Waals surface area (Å²) in [6, 6.07) is 7.52. The van der Waals surface area contributed by atoms with Crippen LogP contribution in [0.15, 0.2) is 42.0 Å². The largest absolute Gasteiger partial charge is 0.493 e. The van der Waals surface area contributed by atoms with Crippen molar-refractivity contribution < 1.29 is 34.4 Å². The minimum atomic E-state index is -1.22. The van der Waals surface area contributed by atoms with Crippen LogP contribution in [0, 0.1) is 3.57 Å². The summed E-state index contributed by atoms with van der Waals surface area (Å²) in [6.45, 7) is 1.68. The number of aliphatic hydroxyl groups is 3. The van der Waals surface area contributed by atoms with E-state index in [4.69, 9.17) is 32.7 Å². The maximum absolute atomic E-state index is 13.6. The van der Waals surface area contributed by atoms with Gasteiger partial charge in [-0.25, -0.2) is 0 Å². The molecule has 0 radical (unpaired) electrons. The van der Waals surface area contributed by atoms with E-state index >= 15 is 0 Å². The summed E-state index contributed by atoms with van der Waals surface area (Å²) in [4.78, 5) is 28.2. The highest BCUT2D eigenvalue weighted by Crippen LogP contribution is 2.37. The Hall–Kier alpha value is -2.09. The SMILES string of the molecule is CCCCC(=O)N(Cc1ccc(Cl)cc1Cl)[C@@H]1CC(C(=O)NCCO)=C[C@H](Oc2c(I)cc(CO)cc2OC)[C@H]1O. The van der Waals surface area contributed by atoms with Crippen LogP contribution in [-0.2, 0) is 22.7 Å². The maximum Gasteiger partial charge on any atom is 0.247 e. The van der Waals surface area contributed by atoms with E-state index in [-0.39, 0.29) is 45.1 Å². The van der Waals surface area contributed by atoms with Crippen LogP contribution in [0.4, 0.5) is 0 Å². The molecule has 3 atom stereocenters. The van der Waals surface area contributed by atoms with Gasteiger partial charge in [0.25, 0.3) is 0 Å². The fourth-order valence-corrected chi connectivity index (χ4v) is 5.85. The summed E-state index contributed by atoms with van der Waals surface area (Å²) in [7, 11) is 1.47. The molecule has 12 heteroatoms. The molecule has 0 bridgehead atoms. The van der Waals surface area contributed by atoms with Gasteiger partial charge in [0.2, 0.25) is 11.8 Å². The van der Waals surface area contributed by atoms with Gasteiger partial charge in [0, 0.05) is 41.5 Å². The number of carbonyl (C=O) groups is 2. The smallest absolute Gasteiger partial charge is 0.247 e. The minimum Gasteiger partial charge on any atom is -0.493 e. The van der Waals surface area contributed by atoms with E-state index in [1.165, 1.54) is 13.2 Å². The van der Waals surface area contributed by atoms with E-state index in [0.29, 0.717) is 48.2 Å². The number of amides is 2. The van der Waals surface area contributed by atoms with E-state index in [2.05, 4.69) is 5.32 Å². The van der Waals surface area contributed by atoms with Gasteiger partial charge in [0.1, 0.15) is 12.2 Å². The molecule has 0 unspecified atom stereocenters. The van der Waals surface area contributed by atoms with Gasteiger partial charge >= 0.3 is 0 Å². The third-order valence-electron chi connectivity index (χ3n) is 6.76. The van der Waals surface area contributed by atoms with Crippen LogP contribution in [0.2, 0.25) is 10.0 Å². The molecular formula is C29H35Cl2IN2O7. The van der Waals surface area contributed by atoms with Crippen molar-refractivity contribution >= 4 is 57.6 Å². The molecule has 0 fully saturated rings. The molecular weight excluding hydrogens is 686 g/mol. The molecule has 41 heavy (non-hydrogen) atoms. The number of nitrogens with one attached hydrogen (secondary N) is 1. The Labute approximate surface area is 263 Å². The number of unbranched alkanes of at least 4 members (excludes halogenated alkanes) is 1. The first-order valence-corrected chi connectivity index (χ1v) is 15.1. The highest BCUT2D eigenvalue weighted by atomic mass is 127. The van der Waals surface area contributed by atoms with Gasteiger partial charge in [0.05, 0.1) is 29.9 Å². The normalized spacial score (nSPS) is 18.4. The number of aliphatic hydroxyl groups excluding tert-OH is 3. The summed E-state index contributed by atoms with van der Waals surface area (Å²) >= 11 is 14.6. The van der Waals surface area contributed by atoms with E-state index in [9.17, 15) is 24.9 Å². The first-order chi connectivity index (χ1) is 19.6. The number of hydrogen-bond donors (Lipinski definition) is 4. The van der Waals surface area contributed by atoms with E-state index in [1.807, 2.05) is 29.5 Å². The zero-order valence-corrected chi connectivity index (χ0v) is 26.6. The van der Waals surface area contributed by atoms with Crippen molar-refractivity contribution in [1.29, 1.82) is 0 Å². The van der Waals surface area contributed by atoms with E-state index < -0.39 is 24.2 Å². The van der Waals surface area contributed by atoms with Gasteiger partial charge in [-0.3, -0.25) is 9.59 Å². The molecule has 2 amide bonds. The quantitative estimate of drug-likeness (QED) is 0.228. The van der Waals surface area contributed by atoms with Crippen molar-refractivity contribution in [3.05, 3.63) is 66.7 Å². The third kappa shape index (κ3) is 8.71. The topological polar surface area (TPSA) is 129 Å². The van der Waals surface area contributed by atoms with Gasteiger partial charge < -0.3 is 35.0 Å². The number of hydrogen-bond acceptors (Lipinski definition) is 7.